The standard InChI is InChI=1S/C13H18N4S/c1-8-9(2)16-12(17-10(8)3)18-7-13(15,6-14)11-4-5-11/h11H,4-5,7,15H2,1-3H3. The predicted octanol–water partition coefficient (Wildman–Crippen LogP) is 2.13. The molecule has 2 rings (SSSR count). The Hall–Kier alpha value is -1.12. The highest BCUT2D eigenvalue weighted by Crippen LogP contribution is 2.40. The molecule has 0 aliphatic heterocycles. The third-order valence-electron chi connectivity index (χ3n) is 3.57. The second-order valence-electron chi connectivity index (χ2n) is 5.02. The molecule has 0 bridgehead atoms. The Balaban J connectivity index is 2.09. The second-order valence-corrected chi connectivity index (χ2v) is 5.96. The monoisotopic (exact) mass is 262 g/mol. The van der Waals surface area contributed by atoms with E-state index in [1.54, 1.807) is 0 Å². The molecule has 0 amide bonds. The largest absolute Gasteiger partial charge is 0.312 e. The zero-order valence-corrected chi connectivity index (χ0v) is 11.8. The molecule has 5 heteroatoms. The molecule has 1 aromatic rings. The van der Waals surface area contributed by atoms with Crippen molar-refractivity contribution in [2.24, 2.45) is 11.7 Å². The topological polar surface area (TPSA) is 75.6 Å². The van der Waals surface area contributed by atoms with Crippen LogP contribution in [0.15, 0.2) is 5.16 Å². The minimum Gasteiger partial charge on any atom is -0.312 e. The Morgan fingerprint density at radius 3 is 2.33 bits per heavy atom. The first-order valence-electron chi connectivity index (χ1n) is 6.11. The highest BCUT2D eigenvalue weighted by molar-refractivity contribution is 7.99. The van der Waals surface area contributed by atoms with Crippen molar-refractivity contribution >= 4 is 11.8 Å². The van der Waals surface area contributed by atoms with Gasteiger partial charge in [-0.15, -0.1) is 0 Å². The quantitative estimate of drug-likeness (QED) is 0.664. The first-order valence-corrected chi connectivity index (χ1v) is 7.09. The molecule has 1 fully saturated rings. The maximum absolute atomic E-state index is 9.20. The van der Waals surface area contributed by atoms with Crippen LogP contribution in [0.25, 0.3) is 0 Å². The summed E-state index contributed by atoms with van der Waals surface area (Å²) in [6, 6.07) is 2.25. The van der Waals surface area contributed by atoms with Crippen molar-refractivity contribution in [3.63, 3.8) is 0 Å². The van der Waals surface area contributed by atoms with Crippen molar-refractivity contribution in [2.45, 2.75) is 44.3 Å². The number of aromatic nitrogens is 2. The van der Waals surface area contributed by atoms with Gasteiger partial charge in [0.1, 0.15) is 5.54 Å². The molecular weight excluding hydrogens is 244 g/mol. The van der Waals surface area contributed by atoms with Crippen LogP contribution in [-0.2, 0) is 0 Å². The zero-order chi connectivity index (χ0) is 13.3. The average Bonchev–Trinajstić information content (AvgIpc) is 3.17. The van der Waals surface area contributed by atoms with Gasteiger partial charge in [-0.05, 0) is 45.1 Å². The van der Waals surface area contributed by atoms with Crippen molar-refractivity contribution in [1.82, 2.24) is 9.97 Å². The van der Waals surface area contributed by atoms with Crippen molar-refractivity contribution < 1.29 is 0 Å². The normalized spacial score (nSPS) is 18.2. The van der Waals surface area contributed by atoms with Gasteiger partial charge in [0.2, 0.25) is 0 Å². The number of nitrogens with zero attached hydrogens (tertiary/aromatic N) is 3. The highest BCUT2D eigenvalue weighted by Gasteiger charge is 2.42. The number of hydrogen-bond donors (Lipinski definition) is 1. The molecule has 4 nitrogen and oxygen atoms in total. The Labute approximate surface area is 112 Å². The lowest BCUT2D eigenvalue weighted by Gasteiger charge is -2.19. The summed E-state index contributed by atoms with van der Waals surface area (Å²) >= 11 is 1.49. The fourth-order valence-corrected chi connectivity index (χ4v) is 2.90. The Morgan fingerprint density at radius 2 is 1.89 bits per heavy atom. The Bertz CT molecular complexity index is 481. The number of thioether (sulfide) groups is 1. The van der Waals surface area contributed by atoms with E-state index in [1.807, 2.05) is 20.8 Å². The molecule has 1 aliphatic rings. The molecule has 0 aromatic carbocycles. The van der Waals surface area contributed by atoms with E-state index in [0.717, 1.165) is 34.9 Å². The van der Waals surface area contributed by atoms with Crippen molar-refractivity contribution in [3.8, 4) is 6.07 Å². The van der Waals surface area contributed by atoms with Gasteiger partial charge < -0.3 is 5.73 Å². The lowest BCUT2D eigenvalue weighted by molar-refractivity contribution is 0.532. The second kappa shape index (κ2) is 4.87. The molecule has 1 heterocycles. The minimum absolute atomic E-state index is 0.350. The third kappa shape index (κ3) is 2.65. The number of hydrogen-bond acceptors (Lipinski definition) is 5. The summed E-state index contributed by atoms with van der Waals surface area (Å²) in [6.45, 7) is 5.98. The predicted molar refractivity (Wildman–Crippen MR) is 72.2 cm³/mol. The number of rotatable bonds is 4. The zero-order valence-electron chi connectivity index (χ0n) is 11.0. The molecule has 1 atom stereocenters. The van der Waals surface area contributed by atoms with E-state index in [4.69, 9.17) is 5.73 Å². The van der Waals surface area contributed by atoms with Gasteiger partial charge in [0.15, 0.2) is 5.16 Å². The van der Waals surface area contributed by atoms with Crippen LogP contribution in [0.4, 0.5) is 0 Å². The summed E-state index contributed by atoms with van der Waals surface area (Å²) in [4.78, 5) is 8.88. The van der Waals surface area contributed by atoms with Gasteiger partial charge in [-0.25, -0.2) is 9.97 Å². The van der Waals surface area contributed by atoms with E-state index < -0.39 is 5.54 Å². The molecule has 2 N–H and O–H groups in total. The van der Waals surface area contributed by atoms with E-state index in [1.165, 1.54) is 11.8 Å². The van der Waals surface area contributed by atoms with Crippen LogP contribution in [0.3, 0.4) is 0 Å². The van der Waals surface area contributed by atoms with Gasteiger partial charge in [-0.3, -0.25) is 0 Å². The molecule has 1 aromatic heterocycles. The van der Waals surface area contributed by atoms with Crippen LogP contribution in [0.1, 0.15) is 29.8 Å². The van der Waals surface area contributed by atoms with Gasteiger partial charge in [0, 0.05) is 17.1 Å². The van der Waals surface area contributed by atoms with Gasteiger partial charge in [0.25, 0.3) is 0 Å². The van der Waals surface area contributed by atoms with Gasteiger partial charge in [-0.2, -0.15) is 5.26 Å². The van der Waals surface area contributed by atoms with Crippen LogP contribution in [-0.4, -0.2) is 21.3 Å². The van der Waals surface area contributed by atoms with Gasteiger partial charge in [-0.1, -0.05) is 11.8 Å². The van der Waals surface area contributed by atoms with E-state index in [-0.39, 0.29) is 0 Å². The summed E-state index contributed by atoms with van der Waals surface area (Å²) in [5.41, 5.74) is 8.52. The third-order valence-corrected chi connectivity index (χ3v) is 4.63. The Kier molecular flexibility index (Phi) is 3.60. The van der Waals surface area contributed by atoms with Crippen molar-refractivity contribution in [3.05, 3.63) is 17.0 Å². The Morgan fingerprint density at radius 1 is 1.33 bits per heavy atom. The van der Waals surface area contributed by atoms with E-state index in [9.17, 15) is 5.26 Å². The minimum atomic E-state index is -0.722. The van der Waals surface area contributed by atoms with Crippen LogP contribution >= 0.6 is 11.8 Å². The molecule has 1 saturated carbocycles. The lowest BCUT2D eigenvalue weighted by atomic mass is 10.00. The highest BCUT2D eigenvalue weighted by atomic mass is 32.2. The van der Waals surface area contributed by atoms with Crippen molar-refractivity contribution in [1.29, 1.82) is 5.26 Å². The molecule has 0 spiro atoms. The molecule has 18 heavy (non-hydrogen) atoms. The van der Waals surface area contributed by atoms with E-state index in [0.29, 0.717) is 11.7 Å². The average molecular weight is 262 g/mol. The van der Waals surface area contributed by atoms with Crippen LogP contribution < -0.4 is 5.73 Å². The summed E-state index contributed by atoms with van der Waals surface area (Å²) in [5, 5.41) is 9.92. The molecule has 96 valence electrons. The fourth-order valence-electron chi connectivity index (χ4n) is 1.83. The van der Waals surface area contributed by atoms with Crippen molar-refractivity contribution in [2.75, 3.05) is 5.75 Å². The molecule has 0 radical (unpaired) electrons. The van der Waals surface area contributed by atoms with Crippen LogP contribution in [0.5, 0.6) is 0 Å². The summed E-state index contributed by atoms with van der Waals surface area (Å²) in [6.07, 6.45) is 2.13. The maximum Gasteiger partial charge on any atom is 0.188 e. The number of nitrogens with two attached hydrogens (primary N) is 1. The summed E-state index contributed by atoms with van der Waals surface area (Å²) < 4.78 is 0. The van der Waals surface area contributed by atoms with E-state index in [2.05, 4.69) is 16.0 Å². The smallest absolute Gasteiger partial charge is 0.188 e. The number of nitriles is 1. The first-order chi connectivity index (χ1) is 8.46. The first kappa shape index (κ1) is 13.3. The summed E-state index contributed by atoms with van der Waals surface area (Å²) in [5.74, 6) is 0.915. The van der Waals surface area contributed by atoms with Gasteiger partial charge >= 0.3 is 0 Å². The summed E-state index contributed by atoms with van der Waals surface area (Å²) in [7, 11) is 0. The van der Waals surface area contributed by atoms with Crippen LogP contribution in [0.2, 0.25) is 0 Å². The van der Waals surface area contributed by atoms with Gasteiger partial charge in [0.05, 0.1) is 6.07 Å². The lowest BCUT2D eigenvalue weighted by Crippen LogP contribution is -2.43. The molecule has 1 aliphatic carbocycles. The molecule has 1 unspecified atom stereocenters. The fraction of sp³-hybridized carbons (Fsp3) is 0.615. The number of aryl methyl sites for hydroxylation is 2. The van der Waals surface area contributed by atoms with Crippen LogP contribution in [0, 0.1) is 38.0 Å². The maximum atomic E-state index is 9.20. The molecule has 0 saturated heterocycles. The molecular formula is C13H18N4S. The SMILES string of the molecule is Cc1nc(SCC(N)(C#N)C2CC2)nc(C)c1C. The van der Waals surface area contributed by atoms with E-state index >= 15 is 0 Å².